The number of hydrogen-bond acceptors (Lipinski definition) is 3. The first-order chi connectivity index (χ1) is 11.6. The number of carbonyl (C=O) groups excluding carboxylic acids is 2. The summed E-state index contributed by atoms with van der Waals surface area (Å²) >= 11 is 0. The lowest BCUT2D eigenvalue weighted by atomic mass is 9.98. The SMILES string of the molecule is CCCC(=O)NCC1CCCN(C(=O)COc2cccc(C)c2)C1. The zero-order valence-corrected chi connectivity index (χ0v) is 14.7. The summed E-state index contributed by atoms with van der Waals surface area (Å²) in [5.41, 5.74) is 1.11. The van der Waals surface area contributed by atoms with E-state index in [4.69, 9.17) is 4.74 Å². The van der Waals surface area contributed by atoms with Gasteiger partial charge < -0.3 is 15.0 Å². The molecule has 0 bridgehead atoms. The van der Waals surface area contributed by atoms with Gasteiger partial charge in [-0.3, -0.25) is 9.59 Å². The molecule has 1 aromatic carbocycles. The maximum Gasteiger partial charge on any atom is 0.260 e. The van der Waals surface area contributed by atoms with Crippen LogP contribution in [0, 0.1) is 12.8 Å². The molecule has 1 heterocycles. The maximum atomic E-state index is 12.4. The first kappa shape index (κ1) is 18.3. The van der Waals surface area contributed by atoms with E-state index < -0.39 is 0 Å². The van der Waals surface area contributed by atoms with Gasteiger partial charge in [-0.05, 0) is 49.8 Å². The molecule has 2 amide bonds. The average molecular weight is 332 g/mol. The van der Waals surface area contributed by atoms with Gasteiger partial charge in [-0.2, -0.15) is 0 Å². The molecule has 1 fully saturated rings. The summed E-state index contributed by atoms with van der Waals surface area (Å²) in [7, 11) is 0. The van der Waals surface area contributed by atoms with Crippen molar-refractivity contribution >= 4 is 11.8 Å². The van der Waals surface area contributed by atoms with Gasteiger partial charge in [-0.15, -0.1) is 0 Å². The molecule has 1 aromatic rings. The number of amides is 2. The predicted octanol–water partition coefficient (Wildman–Crippen LogP) is 2.53. The fourth-order valence-electron chi connectivity index (χ4n) is 2.97. The predicted molar refractivity (Wildman–Crippen MR) is 93.9 cm³/mol. The van der Waals surface area contributed by atoms with Crippen LogP contribution in [0.15, 0.2) is 24.3 Å². The number of piperidine rings is 1. The summed E-state index contributed by atoms with van der Waals surface area (Å²) < 4.78 is 5.61. The topological polar surface area (TPSA) is 58.6 Å². The molecule has 24 heavy (non-hydrogen) atoms. The fourth-order valence-corrected chi connectivity index (χ4v) is 2.97. The molecular formula is C19H28N2O3. The van der Waals surface area contributed by atoms with Gasteiger partial charge in [0.05, 0.1) is 0 Å². The van der Waals surface area contributed by atoms with E-state index in [9.17, 15) is 9.59 Å². The summed E-state index contributed by atoms with van der Waals surface area (Å²) in [6, 6.07) is 7.71. The van der Waals surface area contributed by atoms with Crippen LogP contribution in [0.25, 0.3) is 0 Å². The second-order valence-electron chi connectivity index (χ2n) is 6.51. The van der Waals surface area contributed by atoms with Crippen molar-refractivity contribution < 1.29 is 14.3 Å². The van der Waals surface area contributed by atoms with Crippen LogP contribution >= 0.6 is 0 Å². The second kappa shape index (κ2) is 9.30. The normalized spacial score (nSPS) is 17.4. The smallest absolute Gasteiger partial charge is 0.260 e. The number of carbonyl (C=O) groups is 2. The van der Waals surface area contributed by atoms with Crippen molar-refractivity contribution in [3.8, 4) is 5.75 Å². The highest BCUT2D eigenvalue weighted by molar-refractivity contribution is 5.78. The zero-order valence-electron chi connectivity index (χ0n) is 14.7. The van der Waals surface area contributed by atoms with Crippen LogP contribution < -0.4 is 10.1 Å². The molecule has 1 aliphatic rings. The molecule has 0 aromatic heterocycles. The second-order valence-corrected chi connectivity index (χ2v) is 6.51. The molecular weight excluding hydrogens is 304 g/mol. The van der Waals surface area contributed by atoms with E-state index in [0.717, 1.165) is 37.1 Å². The van der Waals surface area contributed by atoms with E-state index in [1.165, 1.54) is 0 Å². The molecule has 2 rings (SSSR count). The van der Waals surface area contributed by atoms with Crippen LogP contribution in [0.3, 0.4) is 0 Å². The Labute approximate surface area is 144 Å². The third-order valence-electron chi connectivity index (χ3n) is 4.29. The summed E-state index contributed by atoms with van der Waals surface area (Å²) in [5.74, 6) is 1.18. The van der Waals surface area contributed by atoms with Crippen molar-refractivity contribution in [3.05, 3.63) is 29.8 Å². The van der Waals surface area contributed by atoms with E-state index in [1.807, 2.05) is 43.0 Å². The molecule has 5 nitrogen and oxygen atoms in total. The van der Waals surface area contributed by atoms with Crippen molar-refractivity contribution in [3.63, 3.8) is 0 Å². The van der Waals surface area contributed by atoms with Crippen LogP contribution in [0.1, 0.15) is 38.2 Å². The lowest BCUT2D eigenvalue weighted by molar-refractivity contribution is -0.135. The Morgan fingerprint density at radius 2 is 2.21 bits per heavy atom. The van der Waals surface area contributed by atoms with Gasteiger partial charge in [0.15, 0.2) is 6.61 Å². The zero-order chi connectivity index (χ0) is 17.4. The molecule has 1 unspecified atom stereocenters. The Kier molecular flexibility index (Phi) is 7.09. The highest BCUT2D eigenvalue weighted by atomic mass is 16.5. The maximum absolute atomic E-state index is 12.4. The number of rotatable bonds is 7. The minimum atomic E-state index is 0.0149. The van der Waals surface area contributed by atoms with Crippen LogP contribution in [0.5, 0.6) is 5.75 Å². The van der Waals surface area contributed by atoms with Gasteiger partial charge in [0.25, 0.3) is 5.91 Å². The lowest BCUT2D eigenvalue weighted by Gasteiger charge is -2.32. The van der Waals surface area contributed by atoms with Crippen molar-refractivity contribution in [2.24, 2.45) is 5.92 Å². The summed E-state index contributed by atoms with van der Waals surface area (Å²) in [6.07, 6.45) is 3.45. The first-order valence-electron chi connectivity index (χ1n) is 8.82. The quantitative estimate of drug-likeness (QED) is 0.835. The highest BCUT2D eigenvalue weighted by Gasteiger charge is 2.24. The Morgan fingerprint density at radius 1 is 1.38 bits per heavy atom. The Balaban J connectivity index is 1.76. The Hall–Kier alpha value is -2.04. The lowest BCUT2D eigenvalue weighted by Crippen LogP contribution is -2.45. The molecule has 1 N–H and O–H groups in total. The summed E-state index contributed by atoms with van der Waals surface area (Å²) in [5, 5.41) is 2.97. The Morgan fingerprint density at radius 3 is 2.96 bits per heavy atom. The van der Waals surface area contributed by atoms with Gasteiger partial charge in [0, 0.05) is 26.1 Å². The van der Waals surface area contributed by atoms with Gasteiger partial charge >= 0.3 is 0 Å². The third-order valence-corrected chi connectivity index (χ3v) is 4.29. The van der Waals surface area contributed by atoms with Gasteiger partial charge in [0.1, 0.15) is 5.75 Å². The van der Waals surface area contributed by atoms with Crippen molar-refractivity contribution in [2.45, 2.75) is 39.5 Å². The third kappa shape index (κ3) is 5.87. The van der Waals surface area contributed by atoms with Gasteiger partial charge in [-0.1, -0.05) is 19.1 Å². The highest BCUT2D eigenvalue weighted by Crippen LogP contribution is 2.17. The van der Waals surface area contributed by atoms with Crippen LogP contribution in [0.2, 0.25) is 0 Å². The fraction of sp³-hybridized carbons (Fsp3) is 0.579. The van der Waals surface area contributed by atoms with Crippen molar-refractivity contribution in [1.82, 2.24) is 10.2 Å². The van der Waals surface area contributed by atoms with E-state index >= 15 is 0 Å². The number of nitrogens with zero attached hydrogens (tertiary/aromatic N) is 1. The molecule has 1 aliphatic heterocycles. The monoisotopic (exact) mass is 332 g/mol. The summed E-state index contributed by atoms with van der Waals surface area (Å²) in [6.45, 7) is 6.18. The molecule has 0 aliphatic carbocycles. The minimum Gasteiger partial charge on any atom is -0.484 e. The number of likely N-dealkylation sites (tertiary alicyclic amines) is 1. The minimum absolute atomic E-state index is 0.0149. The molecule has 132 valence electrons. The largest absolute Gasteiger partial charge is 0.484 e. The molecule has 1 atom stereocenters. The summed E-state index contributed by atoms with van der Waals surface area (Å²) in [4.78, 5) is 25.8. The van der Waals surface area contributed by atoms with Crippen molar-refractivity contribution in [1.29, 1.82) is 0 Å². The molecule has 0 radical (unpaired) electrons. The Bertz CT molecular complexity index is 559. The van der Waals surface area contributed by atoms with E-state index in [1.54, 1.807) is 0 Å². The molecule has 5 heteroatoms. The van der Waals surface area contributed by atoms with E-state index in [-0.39, 0.29) is 18.4 Å². The standard InChI is InChI=1S/C19H28N2O3/c1-3-6-18(22)20-12-16-8-5-10-21(13-16)19(23)14-24-17-9-4-7-15(2)11-17/h4,7,9,11,16H,3,5-6,8,10,12-14H2,1-2H3,(H,20,22). The van der Waals surface area contributed by atoms with Crippen LogP contribution in [-0.2, 0) is 9.59 Å². The van der Waals surface area contributed by atoms with E-state index in [2.05, 4.69) is 5.32 Å². The first-order valence-corrected chi connectivity index (χ1v) is 8.82. The average Bonchev–Trinajstić information content (AvgIpc) is 2.58. The van der Waals surface area contributed by atoms with Gasteiger partial charge in [-0.25, -0.2) is 0 Å². The number of ether oxygens (including phenoxy) is 1. The molecule has 1 saturated heterocycles. The van der Waals surface area contributed by atoms with Crippen molar-refractivity contribution in [2.75, 3.05) is 26.2 Å². The van der Waals surface area contributed by atoms with Crippen LogP contribution in [0.4, 0.5) is 0 Å². The molecule has 0 saturated carbocycles. The number of nitrogens with one attached hydrogen (secondary N) is 1. The number of hydrogen-bond donors (Lipinski definition) is 1. The van der Waals surface area contributed by atoms with Crippen LogP contribution in [-0.4, -0.2) is 43.0 Å². The number of benzene rings is 1. The van der Waals surface area contributed by atoms with E-state index in [0.29, 0.717) is 25.4 Å². The van der Waals surface area contributed by atoms with Gasteiger partial charge in [0.2, 0.25) is 5.91 Å². The number of aryl methyl sites for hydroxylation is 1. The molecule has 0 spiro atoms.